The summed E-state index contributed by atoms with van der Waals surface area (Å²) in [6, 6.07) is 0. The zero-order valence-corrected chi connectivity index (χ0v) is 9.73. The van der Waals surface area contributed by atoms with Crippen LogP contribution in [0.4, 0.5) is 0 Å². The fourth-order valence-electron chi connectivity index (χ4n) is 2.29. The van der Waals surface area contributed by atoms with E-state index in [1.54, 1.807) is 0 Å². The lowest BCUT2D eigenvalue weighted by Gasteiger charge is -2.32. The maximum absolute atomic E-state index is 11.4. The topological polar surface area (TPSA) is 17.1 Å². The molecule has 14 heavy (non-hydrogen) atoms. The van der Waals surface area contributed by atoms with Crippen LogP contribution in [0.25, 0.3) is 0 Å². The molecule has 1 heteroatoms. The summed E-state index contributed by atoms with van der Waals surface area (Å²) in [5.41, 5.74) is 1.68. The number of Topliss-reactive ketones (excluding diaryl/α,β-unsaturated/α-hetero) is 1. The van der Waals surface area contributed by atoms with Crippen LogP contribution in [0.1, 0.15) is 59.3 Å². The maximum Gasteiger partial charge on any atom is 0.133 e. The zero-order chi connectivity index (χ0) is 10.6. The van der Waals surface area contributed by atoms with Crippen LogP contribution < -0.4 is 0 Å². The van der Waals surface area contributed by atoms with Gasteiger partial charge in [0.05, 0.1) is 0 Å². The lowest BCUT2D eigenvalue weighted by molar-refractivity contribution is -0.123. The smallest absolute Gasteiger partial charge is 0.133 e. The van der Waals surface area contributed by atoms with Crippen LogP contribution in [0.15, 0.2) is 11.6 Å². The standard InChI is InChI=1S/C13H22O/c1-11(2)6-4-8-13(3)9-5-7-12(14)10-13/h6H,4-5,7-10H2,1-3H3. The normalized spacial score (nSPS) is 27.5. The first-order valence-electron chi connectivity index (χ1n) is 5.67. The number of rotatable bonds is 3. The molecule has 0 aromatic rings. The Hall–Kier alpha value is -0.590. The van der Waals surface area contributed by atoms with Gasteiger partial charge < -0.3 is 0 Å². The lowest BCUT2D eigenvalue weighted by atomic mass is 9.72. The van der Waals surface area contributed by atoms with Crippen molar-refractivity contribution in [2.75, 3.05) is 0 Å². The van der Waals surface area contributed by atoms with Crippen molar-refractivity contribution in [3.8, 4) is 0 Å². The molecule has 0 bridgehead atoms. The van der Waals surface area contributed by atoms with Crippen molar-refractivity contribution >= 4 is 5.78 Å². The molecular formula is C13H22O. The highest BCUT2D eigenvalue weighted by atomic mass is 16.1. The number of carbonyl (C=O) groups is 1. The van der Waals surface area contributed by atoms with Crippen molar-refractivity contribution in [1.82, 2.24) is 0 Å². The van der Waals surface area contributed by atoms with E-state index in [1.165, 1.54) is 18.4 Å². The Morgan fingerprint density at radius 1 is 1.50 bits per heavy atom. The summed E-state index contributed by atoms with van der Waals surface area (Å²) in [6.45, 7) is 6.53. The largest absolute Gasteiger partial charge is 0.300 e. The second-order valence-corrected chi connectivity index (χ2v) is 5.20. The Morgan fingerprint density at radius 2 is 2.21 bits per heavy atom. The molecule has 1 fully saturated rings. The van der Waals surface area contributed by atoms with Crippen molar-refractivity contribution < 1.29 is 4.79 Å². The Kier molecular flexibility index (Phi) is 3.91. The molecule has 0 amide bonds. The molecule has 1 unspecified atom stereocenters. The van der Waals surface area contributed by atoms with Crippen molar-refractivity contribution in [3.63, 3.8) is 0 Å². The average molecular weight is 194 g/mol. The Labute approximate surface area is 87.6 Å². The van der Waals surface area contributed by atoms with Gasteiger partial charge in [-0.15, -0.1) is 0 Å². The van der Waals surface area contributed by atoms with E-state index in [4.69, 9.17) is 0 Å². The van der Waals surface area contributed by atoms with Gasteiger partial charge in [0.2, 0.25) is 0 Å². The SMILES string of the molecule is CC(C)=CCCC1(C)CCCC(=O)C1. The third kappa shape index (κ3) is 3.65. The molecule has 0 radical (unpaired) electrons. The predicted molar refractivity (Wildman–Crippen MR) is 60.2 cm³/mol. The van der Waals surface area contributed by atoms with E-state index in [1.807, 2.05) is 0 Å². The van der Waals surface area contributed by atoms with Gasteiger partial charge in [0.25, 0.3) is 0 Å². The molecule has 1 rings (SSSR count). The second kappa shape index (κ2) is 4.77. The Bertz CT molecular complexity index is 236. The molecule has 0 aromatic heterocycles. The molecular weight excluding hydrogens is 172 g/mol. The van der Waals surface area contributed by atoms with E-state index in [2.05, 4.69) is 26.8 Å². The molecule has 1 aliphatic carbocycles. The summed E-state index contributed by atoms with van der Waals surface area (Å²) in [5.74, 6) is 0.468. The van der Waals surface area contributed by atoms with E-state index < -0.39 is 0 Å². The van der Waals surface area contributed by atoms with Gasteiger partial charge in [0, 0.05) is 12.8 Å². The van der Waals surface area contributed by atoms with E-state index >= 15 is 0 Å². The summed E-state index contributed by atoms with van der Waals surface area (Å²) in [6.07, 6.45) is 8.54. The van der Waals surface area contributed by atoms with Crippen molar-refractivity contribution in [3.05, 3.63) is 11.6 Å². The van der Waals surface area contributed by atoms with Gasteiger partial charge in [-0.2, -0.15) is 0 Å². The molecule has 0 aromatic carbocycles. The lowest BCUT2D eigenvalue weighted by Crippen LogP contribution is -2.25. The molecule has 1 nitrogen and oxygen atoms in total. The molecule has 0 saturated heterocycles. The molecule has 1 aliphatic rings. The number of carbonyl (C=O) groups excluding carboxylic acids is 1. The minimum atomic E-state index is 0.293. The van der Waals surface area contributed by atoms with Crippen LogP contribution in [0.3, 0.4) is 0 Å². The van der Waals surface area contributed by atoms with Gasteiger partial charge in [0.1, 0.15) is 5.78 Å². The summed E-state index contributed by atoms with van der Waals surface area (Å²) < 4.78 is 0. The molecule has 0 heterocycles. The van der Waals surface area contributed by atoms with Crippen LogP contribution in [0.2, 0.25) is 0 Å². The molecule has 0 spiro atoms. The fraction of sp³-hybridized carbons (Fsp3) is 0.769. The zero-order valence-electron chi connectivity index (χ0n) is 9.73. The van der Waals surface area contributed by atoms with E-state index in [9.17, 15) is 4.79 Å². The molecule has 0 N–H and O–H groups in total. The first-order valence-corrected chi connectivity index (χ1v) is 5.67. The van der Waals surface area contributed by atoms with E-state index in [0.29, 0.717) is 11.2 Å². The molecule has 80 valence electrons. The summed E-state index contributed by atoms with van der Waals surface area (Å²) in [7, 11) is 0. The van der Waals surface area contributed by atoms with Crippen molar-refractivity contribution in [2.24, 2.45) is 5.41 Å². The minimum Gasteiger partial charge on any atom is -0.300 e. The highest BCUT2D eigenvalue weighted by Crippen LogP contribution is 2.38. The van der Waals surface area contributed by atoms with E-state index in [0.717, 1.165) is 25.7 Å². The number of hydrogen-bond donors (Lipinski definition) is 0. The van der Waals surface area contributed by atoms with Crippen LogP contribution in [0.5, 0.6) is 0 Å². The van der Waals surface area contributed by atoms with Crippen LogP contribution in [-0.4, -0.2) is 5.78 Å². The van der Waals surface area contributed by atoms with Gasteiger partial charge >= 0.3 is 0 Å². The molecule has 1 saturated carbocycles. The van der Waals surface area contributed by atoms with Crippen molar-refractivity contribution in [2.45, 2.75) is 59.3 Å². The first-order chi connectivity index (χ1) is 6.52. The van der Waals surface area contributed by atoms with Crippen LogP contribution >= 0.6 is 0 Å². The quantitative estimate of drug-likeness (QED) is 0.623. The summed E-state index contributed by atoms with van der Waals surface area (Å²) in [5, 5.41) is 0. The highest BCUT2D eigenvalue weighted by Gasteiger charge is 2.29. The Balaban J connectivity index is 2.41. The number of allylic oxidation sites excluding steroid dienone is 2. The average Bonchev–Trinajstić information content (AvgIpc) is 2.01. The van der Waals surface area contributed by atoms with Gasteiger partial charge in [-0.25, -0.2) is 0 Å². The minimum absolute atomic E-state index is 0.293. The fourth-order valence-corrected chi connectivity index (χ4v) is 2.29. The highest BCUT2D eigenvalue weighted by molar-refractivity contribution is 5.79. The van der Waals surface area contributed by atoms with E-state index in [-0.39, 0.29) is 0 Å². The summed E-state index contributed by atoms with van der Waals surface area (Å²) >= 11 is 0. The van der Waals surface area contributed by atoms with Crippen LogP contribution in [0, 0.1) is 5.41 Å². The first kappa shape index (κ1) is 11.5. The number of hydrogen-bond acceptors (Lipinski definition) is 1. The monoisotopic (exact) mass is 194 g/mol. The summed E-state index contributed by atoms with van der Waals surface area (Å²) in [4.78, 5) is 11.4. The molecule has 0 aliphatic heterocycles. The third-order valence-electron chi connectivity index (χ3n) is 3.16. The number of ketones is 1. The maximum atomic E-state index is 11.4. The van der Waals surface area contributed by atoms with Crippen molar-refractivity contribution in [1.29, 1.82) is 0 Å². The van der Waals surface area contributed by atoms with Gasteiger partial charge in [-0.3, -0.25) is 4.79 Å². The van der Waals surface area contributed by atoms with Crippen LogP contribution in [-0.2, 0) is 4.79 Å². The Morgan fingerprint density at radius 3 is 2.79 bits per heavy atom. The predicted octanol–water partition coefficient (Wildman–Crippen LogP) is 3.88. The third-order valence-corrected chi connectivity index (χ3v) is 3.16. The van der Waals surface area contributed by atoms with Gasteiger partial charge in [-0.05, 0) is 44.9 Å². The van der Waals surface area contributed by atoms with Gasteiger partial charge in [0.15, 0.2) is 0 Å². The van der Waals surface area contributed by atoms with Gasteiger partial charge in [-0.1, -0.05) is 18.6 Å². The second-order valence-electron chi connectivity index (χ2n) is 5.20. The molecule has 1 atom stereocenters.